The molecule has 0 saturated heterocycles. The molecule has 18 heavy (non-hydrogen) atoms. The maximum atomic E-state index is 10.7. The monoisotopic (exact) mass is 260 g/mol. The van der Waals surface area contributed by atoms with Gasteiger partial charge in [0.25, 0.3) is 0 Å². The Morgan fingerprint density at radius 3 is 3.00 bits per heavy atom. The summed E-state index contributed by atoms with van der Waals surface area (Å²) in [5.41, 5.74) is 1.14. The first kappa shape index (κ1) is 12.2. The summed E-state index contributed by atoms with van der Waals surface area (Å²) in [6, 6.07) is 8.44. The zero-order valence-corrected chi connectivity index (χ0v) is 11.6. The van der Waals surface area contributed by atoms with Gasteiger partial charge in [0.2, 0.25) is 0 Å². The third-order valence-electron chi connectivity index (χ3n) is 4.25. The van der Waals surface area contributed by atoms with Crippen LogP contribution in [0.1, 0.15) is 44.3 Å². The molecule has 1 aromatic carbocycles. The lowest BCUT2D eigenvalue weighted by atomic mass is 9.78. The van der Waals surface area contributed by atoms with Gasteiger partial charge in [-0.25, -0.2) is 0 Å². The van der Waals surface area contributed by atoms with Gasteiger partial charge in [-0.05, 0) is 47.1 Å². The van der Waals surface area contributed by atoms with Crippen LogP contribution in [0, 0.1) is 11.8 Å². The minimum atomic E-state index is -0.282. The van der Waals surface area contributed by atoms with E-state index >= 15 is 0 Å². The molecule has 3 unspecified atom stereocenters. The Morgan fingerprint density at radius 1 is 1.28 bits per heavy atom. The van der Waals surface area contributed by atoms with Gasteiger partial charge in [0.1, 0.15) is 0 Å². The second-order valence-electron chi connectivity index (χ2n) is 5.66. The van der Waals surface area contributed by atoms with Crippen molar-refractivity contribution in [1.82, 2.24) is 0 Å². The molecule has 1 nitrogen and oxygen atoms in total. The average molecular weight is 260 g/mol. The summed E-state index contributed by atoms with van der Waals surface area (Å²) in [5, 5.41) is 14.1. The first-order valence-electron chi connectivity index (χ1n) is 6.90. The smallest absolute Gasteiger partial charge is 0.0832 e. The van der Waals surface area contributed by atoms with E-state index in [1.54, 1.807) is 11.3 Å². The van der Waals surface area contributed by atoms with Crippen LogP contribution in [0.15, 0.2) is 29.6 Å². The largest absolute Gasteiger partial charge is 0.388 e. The summed E-state index contributed by atoms with van der Waals surface area (Å²) in [4.78, 5) is 0. The van der Waals surface area contributed by atoms with Crippen molar-refractivity contribution in [2.75, 3.05) is 0 Å². The Hall–Kier alpha value is -0.860. The number of fused-ring (bicyclic) bond motifs is 1. The van der Waals surface area contributed by atoms with Crippen molar-refractivity contribution in [1.29, 1.82) is 0 Å². The van der Waals surface area contributed by atoms with E-state index in [1.165, 1.54) is 35.8 Å². The molecule has 96 valence electrons. The number of aliphatic hydroxyl groups is 1. The van der Waals surface area contributed by atoms with Crippen molar-refractivity contribution >= 4 is 21.4 Å². The highest BCUT2D eigenvalue weighted by atomic mass is 32.1. The van der Waals surface area contributed by atoms with E-state index in [9.17, 15) is 5.11 Å². The summed E-state index contributed by atoms with van der Waals surface area (Å²) < 4.78 is 1.27. The van der Waals surface area contributed by atoms with Crippen LogP contribution in [0.5, 0.6) is 0 Å². The van der Waals surface area contributed by atoms with Crippen LogP contribution in [0.25, 0.3) is 10.1 Å². The molecule has 1 saturated carbocycles. The van der Waals surface area contributed by atoms with Gasteiger partial charge in [0.05, 0.1) is 6.10 Å². The third-order valence-corrected chi connectivity index (χ3v) is 5.23. The predicted octanol–water partition coefficient (Wildman–Crippen LogP) is 4.76. The molecule has 1 fully saturated rings. The molecule has 0 spiro atoms. The van der Waals surface area contributed by atoms with Crippen LogP contribution in [-0.2, 0) is 0 Å². The summed E-state index contributed by atoms with van der Waals surface area (Å²) in [5.74, 6) is 1.21. The number of aliphatic hydroxyl groups excluding tert-OH is 1. The summed E-state index contributed by atoms with van der Waals surface area (Å²) in [6.07, 6.45) is 4.65. The van der Waals surface area contributed by atoms with Crippen molar-refractivity contribution in [3.63, 3.8) is 0 Å². The number of thiophene rings is 1. The van der Waals surface area contributed by atoms with Crippen LogP contribution < -0.4 is 0 Å². The molecule has 0 amide bonds. The van der Waals surface area contributed by atoms with E-state index in [0.29, 0.717) is 5.92 Å². The van der Waals surface area contributed by atoms with E-state index in [-0.39, 0.29) is 6.10 Å². The lowest BCUT2D eigenvalue weighted by Gasteiger charge is -2.30. The fourth-order valence-corrected chi connectivity index (χ4v) is 4.22. The molecule has 1 aliphatic carbocycles. The molecule has 2 heteroatoms. The summed E-state index contributed by atoms with van der Waals surface area (Å²) in [7, 11) is 0. The Labute approximate surface area is 112 Å². The standard InChI is InChI=1S/C16H20OS/c1-11-4-2-6-13(10-11)15(17)14-7-3-5-12-8-9-18-16(12)14/h3,5,7-9,11,13,15,17H,2,4,6,10H2,1H3. The van der Waals surface area contributed by atoms with Gasteiger partial charge in [-0.1, -0.05) is 38.0 Å². The normalized spacial score (nSPS) is 26.3. The highest BCUT2D eigenvalue weighted by Gasteiger charge is 2.27. The van der Waals surface area contributed by atoms with Crippen molar-refractivity contribution in [3.8, 4) is 0 Å². The number of hydrogen-bond acceptors (Lipinski definition) is 2. The summed E-state index contributed by atoms with van der Waals surface area (Å²) in [6.45, 7) is 2.31. The molecular formula is C16H20OS. The minimum Gasteiger partial charge on any atom is -0.388 e. The lowest BCUT2D eigenvalue weighted by molar-refractivity contribution is 0.0726. The van der Waals surface area contributed by atoms with E-state index < -0.39 is 0 Å². The Bertz CT molecular complexity index is 531. The molecule has 3 atom stereocenters. The Balaban J connectivity index is 1.91. The fraction of sp³-hybridized carbons (Fsp3) is 0.500. The molecular weight excluding hydrogens is 240 g/mol. The van der Waals surface area contributed by atoms with Crippen LogP contribution >= 0.6 is 11.3 Å². The molecule has 1 aliphatic rings. The van der Waals surface area contributed by atoms with Crippen LogP contribution in [0.3, 0.4) is 0 Å². The van der Waals surface area contributed by atoms with E-state index in [2.05, 4.69) is 36.6 Å². The van der Waals surface area contributed by atoms with Crippen molar-refractivity contribution in [3.05, 3.63) is 35.2 Å². The second-order valence-corrected chi connectivity index (χ2v) is 6.58. The fourth-order valence-electron chi connectivity index (χ4n) is 3.27. The molecule has 0 bridgehead atoms. The molecule has 1 aromatic heterocycles. The number of rotatable bonds is 2. The average Bonchev–Trinajstić information content (AvgIpc) is 2.86. The predicted molar refractivity (Wildman–Crippen MR) is 77.9 cm³/mol. The lowest BCUT2D eigenvalue weighted by Crippen LogP contribution is -2.20. The van der Waals surface area contributed by atoms with Crippen molar-refractivity contribution in [2.45, 2.75) is 38.7 Å². The maximum absolute atomic E-state index is 10.7. The van der Waals surface area contributed by atoms with Gasteiger partial charge in [-0.2, -0.15) is 0 Å². The Kier molecular flexibility index (Phi) is 3.40. The first-order chi connectivity index (χ1) is 8.75. The molecule has 3 rings (SSSR count). The molecule has 2 aromatic rings. The van der Waals surface area contributed by atoms with Gasteiger partial charge in [-0.3, -0.25) is 0 Å². The molecule has 1 N–H and O–H groups in total. The topological polar surface area (TPSA) is 20.2 Å². The zero-order chi connectivity index (χ0) is 12.5. The SMILES string of the molecule is CC1CCCC(C(O)c2cccc3ccsc23)C1. The quantitative estimate of drug-likeness (QED) is 0.825. The molecule has 0 aliphatic heterocycles. The van der Waals surface area contributed by atoms with Gasteiger partial charge in [-0.15, -0.1) is 11.3 Å². The highest BCUT2D eigenvalue weighted by molar-refractivity contribution is 7.17. The first-order valence-corrected chi connectivity index (χ1v) is 7.78. The van der Waals surface area contributed by atoms with E-state index in [0.717, 1.165) is 11.5 Å². The molecule has 1 heterocycles. The second kappa shape index (κ2) is 5.02. The highest BCUT2D eigenvalue weighted by Crippen LogP contribution is 2.40. The zero-order valence-electron chi connectivity index (χ0n) is 10.8. The van der Waals surface area contributed by atoms with Gasteiger partial charge >= 0.3 is 0 Å². The number of hydrogen-bond donors (Lipinski definition) is 1. The summed E-state index contributed by atoms with van der Waals surface area (Å²) >= 11 is 1.75. The van der Waals surface area contributed by atoms with Gasteiger partial charge < -0.3 is 5.11 Å². The minimum absolute atomic E-state index is 0.282. The maximum Gasteiger partial charge on any atom is 0.0832 e. The molecule has 0 radical (unpaired) electrons. The third kappa shape index (κ3) is 2.19. The van der Waals surface area contributed by atoms with Gasteiger partial charge in [0.15, 0.2) is 0 Å². The van der Waals surface area contributed by atoms with E-state index in [1.807, 2.05) is 0 Å². The van der Waals surface area contributed by atoms with Crippen molar-refractivity contribution in [2.24, 2.45) is 11.8 Å². The Morgan fingerprint density at radius 2 is 2.17 bits per heavy atom. The number of benzene rings is 1. The van der Waals surface area contributed by atoms with E-state index in [4.69, 9.17) is 0 Å². The van der Waals surface area contributed by atoms with Crippen LogP contribution in [0.4, 0.5) is 0 Å². The van der Waals surface area contributed by atoms with Crippen molar-refractivity contribution < 1.29 is 5.11 Å². The van der Waals surface area contributed by atoms with Gasteiger partial charge in [0, 0.05) is 4.70 Å². The van der Waals surface area contributed by atoms with Crippen LogP contribution in [-0.4, -0.2) is 5.11 Å². The van der Waals surface area contributed by atoms with Crippen LogP contribution in [0.2, 0.25) is 0 Å².